The highest BCUT2D eigenvalue weighted by atomic mass is 16.6. The van der Waals surface area contributed by atoms with Gasteiger partial charge in [0.15, 0.2) is 5.76 Å². The summed E-state index contributed by atoms with van der Waals surface area (Å²) < 4.78 is 17.1. The monoisotopic (exact) mass is 456 g/mol. The number of rotatable bonds is 9. The van der Waals surface area contributed by atoms with Crippen LogP contribution in [-0.2, 0) is 16.1 Å². The molecule has 8 heteroatoms. The van der Waals surface area contributed by atoms with Gasteiger partial charge in [-0.2, -0.15) is 0 Å². The first kappa shape index (κ1) is 23.1. The summed E-state index contributed by atoms with van der Waals surface area (Å²) in [7, 11) is 1.76. The quantitative estimate of drug-likeness (QED) is 0.564. The molecule has 2 aliphatic rings. The van der Waals surface area contributed by atoms with Gasteiger partial charge in [0.2, 0.25) is 0 Å². The summed E-state index contributed by atoms with van der Waals surface area (Å²) in [6.45, 7) is 2.62. The number of carbonyl (C=O) groups is 2. The minimum atomic E-state index is -0.748. The van der Waals surface area contributed by atoms with Gasteiger partial charge >= 0.3 is 12.1 Å². The predicted octanol–water partition coefficient (Wildman–Crippen LogP) is 5.04. The lowest BCUT2D eigenvalue weighted by atomic mass is 9.87. The van der Waals surface area contributed by atoms with Gasteiger partial charge in [0.1, 0.15) is 12.4 Å². The van der Waals surface area contributed by atoms with Crippen molar-refractivity contribution in [1.29, 1.82) is 0 Å². The second-order valence-corrected chi connectivity index (χ2v) is 9.25. The topological polar surface area (TPSA) is 102 Å². The molecule has 33 heavy (non-hydrogen) atoms. The van der Waals surface area contributed by atoms with Gasteiger partial charge < -0.3 is 24.0 Å². The van der Waals surface area contributed by atoms with E-state index in [1.165, 1.54) is 12.8 Å². The molecular formula is C25H32N2O6. The molecule has 1 aromatic carbocycles. The van der Waals surface area contributed by atoms with Gasteiger partial charge in [0.05, 0.1) is 23.3 Å². The van der Waals surface area contributed by atoms with E-state index >= 15 is 0 Å². The normalized spacial score (nSPS) is 20.3. The van der Waals surface area contributed by atoms with Gasteiger partial charge in [-0.1, -0.05) is 18.0 Å². The molecule has 8 nitrogen and oxygen atoms in total. The van der Waals surface area contributed by atoms with Crippen molar-refractivity contribution in [2.24, 2.45) is 11.8 Å². The lowest BCUT2D eigenvalue weighted by Crippen LogP contribution is -2.29. The second-order valence-electron chi connectivity index (χ2n) is 9.25. The van der Waals surface area contributed by atoms with Gasteiger partial charge in [-0.3, -0.25) is 4.79 Å². The fraction of sp³-hybridized carbons (Fsp3) is 0.560. The number of aryl methyl sites for hydroxylation is 1. The fourth-order valence-corrected chi connectivity index (χ4v) is 4.26. The van der Waals surface area contributed by atoms with Gasteiger partial charge in [-0.25, -0.2) is 4.79 Å². The van der Waals surface area contributed by atoms with Crippen molar-refractivity contribution < 1.29 is 28.7 Å². The highest BCUT2D eigenvalue weighted by Gasteiger charge is 2.28. The van der Waals surface area contributed by atoms with Crippen molar-refractivity contribution in [3.63, 3.8) is 0 Å². The molecule has 0 radical (unpaired) electrons. The second kappa shape index (κ2) is 10.3. The van der Waals surface area contributed by atoms with Crippen LogP contribution in [0.1, 0.15) is 56.2 Å². The zero-order valence-corrected chi connectivity index (χ0v) is 19.3. The Morgan fingerprint density at radius 3 is 2.64 bits per heavy atom. The summed E-state index contributed by atoms with van der Waals surface area (Å²) in [5.74, 6) is 0.933. The minimum Gasteiger partial charge on any atom is -0.490 e. The van der Waals surface area contributed by atoms with Gasteiger partial charge in [-0.15, -0.1) is 0 Å². The lowest BCUT2D eigenvalue weighted by Gasteiger charge is -2.27. The maximum Gasteiger partial charge on any atom is 0.409 e. The molecule has 0 saturated heterocycles. The number of carboxylic acid groups (broad SMARTS) is 1. The summed E-state index contributed by atoms with van der Waals surface area (Å²) in [5, 5.41) is 13.3. The number of aliphatic carboxylic acids is 1. The molecule has 178 valence electrons. The van der Waals surface area contributed by atoms with Crippen LogP contribution in [0.4, 0.5) is 4.79 Å². The molecule has 1 heterocycles. The molecule has 1 amide bonds. The third-order valence-electron chi connectivity index (χ3n) is 6.60. The van der Waals surface area contributed by atoms with E-state index in [1.54, 1.807) is 11.9 Å². The summed E-state index contributed by atoms with van der Waals surface area (Å²) in [4.78, 5) is 25.2. The van der Waals surface area contributed by atoms with Crippen LogP contribution < -0.4 is 4.74 Å². The molecule has 2 aliphatic carbocycles. The summed E-state index contributed by atoms with van der Waals surface area (Å²) in [6, 6.07) is 7.44. The van der Waals surface area contributed by atoms with E-state index in [-0.39, 0.29) is 24.7 Å². The number of aromatic nitrogens is 1. The van der Waals surface area contributed by atoms with Gasteiger partial charge in [0, 0.05) is 19.2 Å². The number of ether oxygens (including phenoxy) is 2. The van der Waals surface area contributed by atoms with Crippen molar-refractivity contribution in [1.82, 2.24) is 10.1 Å². The van der Waals surface area contributed by atoms with E-state index in [9.17, 15) is 14.7 Å². The van der Waals surface area contributed by atoms with Crippen molar-refractivity contribution in [3.05, 3.63) is 35.5 Å². The highest BCUT2D eigenvalue weighted by Crippen LogP contribution is 2.33. The first-order valence-corrected chi connectivity index (χ1v) is 11.7. The Morgan fingerprint density at radius 2 is 1.94 bits per heavy atom. The number of nitrogens with zero attached hydrogens (tertiary/aromatic N) is 2. The number of hydrogen-bond donors (Lipinski definition) is 1. The zero-order chi connectivity index (χ0) is 23.4. The largest absolute Gasteiger partial charge is 0.490 e. The average molecular weight is 457 g/mol. The maximum absolute atomic E-state index is 12.3. The molecule has 2 aromatic rings. The van der Waals surface area contributed by atoms with E-state index in [2.05, 4.69) is 5.16 Å². The molecule has 0 unspecified atom stereocenters. The van der Waals surface area contributed by atoms with E-state index in [4.69, 9.17) is 14.0 Å². The Kier molecular flexibility index (Phi) is 7.20. The first-order chi connectivity index (χ1) is 15.9. The molecule has 1 N–H and O–H groups in total. The van der Waals surface area contributed by atoms with E-state index in [1.807, 2.05) is 31.2 Å². The van der Waals surface area contributed by atoms with Crippen LogP contribution >= 0.6 is 0 Å². The standard InChI is InChI=1S/C25H32N2O6/c1-16-22(15-31-25(30)27(2)13-12-17-6-7-17)23(33-26-16)18-8-10-20(11-9-18)32-21-5-3-4-19(14-21)24(28)29/h8-11,17,19,21H,3-7,12-15H2,1-2H3,(H,28,29)/t19-,21-/m0/s1. The smallest absolute Gasteiger partial charge is 0.409 e. The average Bonchev–Trinajstić information content (AvgIpc) is 3.57. The van der Waals surface area contributed by atoms with Crippen molar-refractivity contribution in [2.75, 3.05) is 13.6 Å². The van der Waals surface area contributed by atoms with Gasteiger partial charge in [-0.05, 0) is 69.2 Å². The summed E-state index contributed by atoms with van der Waals surface area (Å²) in [6.07, 6.45) is 6.06. The predicted molar refractivity (Wildman–Crippen MR) is 121 cm³/mol. The third-order valence-corrected chi connectivity index (χ3v) is 6.60. The van der Waals surface area contributed by atoms with Crippen LogP contribution in [-0.4, -0.2) is 46.9 Å². The Bertz CT molecular complexity index is 966. The molecule has 4 rings (SSSR count). The fourth-order valence-electron chi connectivity index (χ4n) is 4.26. The molecule has 0 aliphatic heterocycles. The van der Waals surface area contributed by atoms with Crippen LogP contribution in [0, 0.1) is 18.8 Å². The highest BCUT2D eigenvalue weighted by molar-refractivity contribution is 5.70. The molecule has 2 saturated carbocycles. The Hall–Kier alpha value is -3.03. The summed E-state index contributed by atoms with van der Waals surface area (Å²) in [5.41, 5.74) is 2.23. The third kappa shape index (κ3) is 6.06. The molecule has 2 atom stereocenters. The van der Waals surface area contributed by atoms with Crippen LogP contribution in [0.2, 0.25) is 0 Å². The SMILES string of the molecule is Cc1noc(-c2ccc(O[C@H]3CCC[C@H](C(=O)O)C3)cc2)c1COC(=O)N(C)CCC1CC1. The Labute approximate surface area is 193 Å². The van der Waals surface area contributed by atoms with E-state index < -0.39 is 5.97 Å². The number of hydrogen-bond acceptors (Lipinski definition) is 6. The number of benzene rings is 1. The van der Waals surface area contributed by atoms with Crippen LogP contribution in [0.3, 0.4) is 0 Å². The zero-order valence-electron chi connectivity index (χ0n) is 19.3. The van der Waals surface area contributed by atoms with Crippen LogP contribution in [0.25, 0.3) is 11.3 Å². The minimum absolute atomic E-state index is 0.0914. The van der Waals surface area contributed by atoms with Crippen LogP contribution in [0.15, 0.2) is 28.8 Å². The van der Waals surface area contributed by atoms with Crippen molar-refractivity contribution in [2.45, 2.75) is 64.6 Å². The molecule has 2 fully saturated rings. The van der Waals surface area contributed by atoms with Crippen molar-refractivity contribution in [3.8, 4) is 17.1 Å². The van der Waals surface area contributed by atoms with E-state index in [0.717, 1.165) is 36.3 Å². The Morgan fingerprint density at radius 1 is 1.18 bits per heavy atom. The van der Waals surface area contributed by atoms with Crippen LogP contribution in [0.5, 0.6) is 5.75 Å². The number of amides is 1. The molecular weight excluding hydrogens is 424 g/mol. The van der Waals surface area contributed by atoms with E-state index in [0.29, 0.717) is 36.6 Å². The molecule has 0 spiro atoms. The maximum atomic E-state index is 12.3. The number of carbonyl (C=O) groups excluding carboxylic acids is 1. The molecule has 0 bridgehead atoms. The molecule has 1 aromatic heterocycles. The first-order valence-electron chi connectivity index (χ1n) is 11.7. The lowest BCUT2D eigenvalue weighted by molar-refractivity contribution is -0.143. The Balaban J connectivity index is 1.35. The number of carboxylic acids is 1. The summed E-state index contributed by atoms with van der Waals surface area (Å²) >= 11 is 0. The van der Waals surface area contributed by atoms with Gasteiger partial charge in [0.25, 0.3) is 0 Å². The van der Waals surface area contributed by atoms with Crippen molar-refractivity contribution >= 4 is 12.1 Å².